The van der Waals surface area contributed by atoms with E-state index in [-0.39, 0.29) is 23.6 Å². The van der Waals surface area contributed by atoms with Gasteiger partial charge in [-0.15, -0.1) is 0 Å². The van der Waals surface area contributed by atoms with Gasteiger partial charge in [0.2, 0.25) is 0 Å². The van der Waals surface area contributed by atoms with Gasteiger partial charge in [0.25, 0.3) is 0 Å². The van der Waals surface area contributed by atoms with Gasteiger partial charge in [-0.3, -0.25) is 0 Å². The van der Waals surface area contributed by atoms with Crippen LogP contribution in [-0.2, 0) is 16.3 Å². The van der Waals surface area contributed by atoms with Gasteiger partial charge in [0.1, 0.15) is 0 Å². The Bertz CT molecular complexity index is 633. The average molecular weight is 345 g/mol. The highest BCUT2D eigenvalue weighted by molar-refractivity contribution is 7.91. The molecule has 1 aliphatic heterocycles. The first kappa shape index (κ1) is 17.1. The molecule has 2 amide bonds. The van der Waals surface area contributed by atoms with E-state index in [4.69, 9.17) is 11.6 Å². The first-order chi connectivity index (χ1) is 10.4. The summed E-state index contributed by atoms with van der Waals surface area (Å²) in [6.07, 6.45) is 1.21. The molecule has 1 saturated heterocycles. The molecule has 1 heterocycles. The van der Waals surface area contributed by atoms with Crippen molar-refractivity contribution in [1.82, 2.24) is 10.2 Å². The highest BCUT2D eigenvalue weighted by Gasteiger charge is 2.33. The van der Waals surface area contributed by atoms with Crippen molar-refractivity contribution in [2.75, 3.05) is 24.6 Å². The number of nitrogens with zero attached hydrogens (tertiary/aromatic N) is 1. The van der Waals surface area contributed by atoms with E-state index < -0.39 is 9.84 Å². The van der Waals surface area contributed by atoms with Crippen LogP contribution in [0.3, 0.4) is 0 Å². The van der Waals surface area contributed by atoms with Crippen LogP contribution in [0.5, 0.6) is 0 Å². The van der Waals surface area contributed by atoms with E-state index in [1.807, 2.05) is 31.2 Å². The molecule has 22 heavy (non-hydrogen) atoms. The minimum Gasteiger partial charge on any atom is -0.338 e. The number of halogens is 1. The largest absolute Gasteiger partial charge is 0.338 e. The minimum atomic E-state index is -2.99. The van der Waals surface area contributed by atoms with Crippen molar-refractivity contribution in [3.63, 3.8) is 0 Å². The number of hydrogen-bond donors (Lipinski definition) is 1. The number of sulfone groups is 1. The topological polar surface area (TPSA) is 66.5 Å². The third-order valence-corrected chi connectivity index (χ3v) is 5.82. The Morgan fingerprint density at radius 3 is 2.82 bits per heavy atom. The van der Waals surface area contributed by atoms with Crippen LogP contribution in [0.4, 0.5) is 4.79 Å². The summed E-state index contributed by atoms with van der Waals surface area (Å²) < 4.78 is 23.1. The second kappa shape index (κ2) is 7.33. The monoisotopic (exact) mass is 344 g/mol. The second-order valence-corrected chi connectivity index (χ2v) is 8.12. The minimum absolute atomic E-state index is 0.0720. The van der Waals surface area contributed by atoms with E-state index in [1.54, 1.807) is 4.90 Å². The summed E-state index contributed by atoms with van der Waals surface area (Å²) in [7, 11) is -2.99. The molecule has 0 spiro atoms. The molecule has 122 valence electrons. The fourth-order valence-corrected chi connectivity index (χ4v) is 4.64. The number of nitrogens with one attached hydrogen (secondary N) is 1. The predicted octanol–water partition coefficient (Wildman–Crippen LogP) is 2.10. The van der Waals surface area contributed by atoms with Crippen molar-refractivity contribution in [2.45, 2.75) is 25.8 Å². The maximum atomic E-state index is 12.2. The summed E-state index contributed by atoms with van der Waals surface area (Å²) in [5.41, 5.74) is 1.05. The first-order valence-electron chi connectivity index (χ1n) is 7.40. The van der Waals surface area contributed by atoms with Crippen LogP contribution in [0.2, 0.25) is 5.02 Å². The fraction of sp³-hybridized carbons (Fsp3) is 0.533. The zero-order valence-electron chi connectivity index (χ0n) is 12.6. The molecule has 1 aromatic carbocycles. The smallest absolute Gasteiger partial charge is 0.317 e. The van der Waals surface area contributed by atoms with Crippen LogP contribution in [0.25, 0.3) is 0 Å². The molecule has 0 saturated carbocycles. The molecule has 0 bridgehead atoms. The number of benzene rings is 1. The van der Waals surface area contributed by atoms with Crippen LogP contribution in [-0.4, -0.2) is 50.0 Å². The molecule has 1 aliphatic rings. The van der Waals surface area contributed by atoms with Crippen LogP contribution in [0.1, 0.15) is 18.9 Å². The van der Waals surface area contributed by atoms with Crippen LogP contribution < -0.4 is 5.32 Å². The lowest BCUT2D eigenvalue weighted by Gasteiger charge is -2.27. The molecule has 0 aliphatic carbocycles. The van der Waals surface area contributed by atoms with E-state index in [9.17, 15) is 13.2 Å². The van der Waals surface area contributed by atoms with Crippen molar-refractivity contribution in [1.29, 1.82) is 0 Å². The van der Waals surface area contributed by atoms with E-state index in [2.05, 4.69) is 5.32 Å². The van der Waals surface area contributed by atoms with Gasteiger partial charge in [-0.1, -0.05) is 23.7 Å². The molecule has 1 N–H and O–H groups in total. The van der Waals surface area contributed by atoms with Gasteiger partial charge in [-0.25, -0.2) is 13.2 Å². The fourth-order valence-electron chi connectivity index (χ4n) is 2.70. The molecule has 1 unspecified atom stereocenters. The Morgan fingerprint density at radius 2 is 2.23 bits per heavy atom. The van der Waals surface area contributed by atoms with Crippen LogP contribution in [0.15, 0.2) is 24.3 Å². The summed E-state index contributed by atoms with van der Waals surface area (Å²) in [5.74, 6) is 0.243. The Morgan fingerprint density at radius 1 is 1.45 bits per heavy atom. The first-order valence-corrected chi connectivity index (χ1v) is 9.60. The van der Waals surface area contributed by atoms with Crippen LogP contribution in [0, 0.1) is 0 Å². The van der Waals surface area contributed by atoms with Crippen molar-refractivity contribution >= 4 is 27.5 Å². The van der Waals surface area contributed by atoms with Crippen molar-refractivity contribution in [3.8, 4) is 0 Å². The second-order valence-electron chi connectivity index (χ2n) is 5.45. The highest BCUT2D eigenvalue weighted by atomic mass is 35.5. The normalized spacial score (nSPS) is 19.8. The molecule has 1 atom stereocenters. The van der Waals surface area contributed by atoms with E-state index >= 15 is 0 Å². The summed E-state index contributed by atoms with van der Waals surface area (Å²) in [5, 5.41) is 3.53. The predicted molar refractivity (Wildman–Crippen MR) is 88.0 cm³/mol. The zero-order chi connectivity index (χ0) is 16.2. The third-order valence-electron chi connectivity index (χ3n) is 3.83. The van der Waals surface area contributed by atoms with Crippen molar-refractivity contribution in [2.24, 2.45) is 0 Å². The van der Waals surface area contributed by atoms with E-state index in [0.717, 1.165) is 5.56 Å². The molecular formula is C15H21ClN2O3S. The lowest BCUT2D eigenvalue weighted by molar-refractivity contribution is 0.184. The van der Waals surface area contributed by atoms with Crippen LogP contribution >= 0.6 is 11.6 Å². The average Bonchev–Trinajstić information content (AvgIpc) is 2.80. The van der Waals surface area contributed by atoms with Gasteiger partial charge in [0.05, 0.1) is 11.5 Å². The number of hydrogen-bond acceptors (Lipinski definition) is 3. The number of amides is 2. The molecule has 7 heteroatoms. The van der Waals surface area contributed by atoms with Gasteiger partial charge in [-0.2, -0.15) is 0 Å². The van der Waals surface area contributed by atoms with E-state index in [1.165, 1.54) is 0 Å². The van der Waals surface area contributed by atoms with Gasteiger partial charge in [0, 0.05) is 24.2 Å². The standard InChI is InChI=1S/C15H21ClN2O3S/c1-2-18(14-7-9-22(20,21)11-14)15(19)17-8-6-12-4-3-5-13(16)10-12/h3-5,10,14H,2,6-9,11H2,1H3,(H,17,19). The highest BCUT2D eigenvalue weighted by Crippen LogP contribution is 2.17. The Kier molecular flexibility index (Phi) is 5.69. The molecular weight excluding hydrogens is 324 g/mol. The van der Waals surface area contributed by atoms with E-state index in [0.29, 0.717) is 31.0 Å². The third kappa shape index (κ3) is 4.61. The number of rotatable bonds is 5. The maximum Gasteiger partial charge on any atom is 0.317 e. The van der Waals surface area contributed by atoms with Gasteiger partial charge in [-0.05, 0) is 37.5 Å². The summed E-state index contributed by atoms with van der Waals surface area (Å²) in [6, 6.07) is 7.10. The van der Waals surface area contributed by atoms with Gasteiger partial charge >= 0.3 is 6.03 Å². The Hall–Kier alpha value is -1.27. The molecule has 2 rings (SSSR count). The van der Waals surface area contributed by atoms with Gasteiger partial charge in [0.15, 0.2) is 9.84 Å². The number of urea groups is 1. The maximum absolute atomic E-state index is 12.2. The lowest BCUT2D eigenvalue weighted by Crippen LogP contribution is -2.47. The quantitative estimate of drug-likeness (QED) is 0.889. The number of carbonyl (C=O) groups excluding carboxylic acids is 1. The lowest BCUT2D eigenvalue weighted by atomic mass is 10.1. The summed E-state index contributed by atoms with van der Waals surface area (Å²) in [6.45, 7) is 2.86. The SMILES string of the molecule is CCN(C(=O)NCCc1cccc(Cl)c1)C1CCS(=O)(=O)C1. The number of carbonyl (C=O) groups is 1. The summed E-state index contributed by atoms with van der Waals surface area (Å²) in [4.78, 5) is 13.8. The zero-order valence-corrected chi connectivity index (χ0v) is 14.2. The summed E-state index contributed by atoms with van der Waals surface area (Å²) >= 11 is 5.92. The van der Waals surface area contributed by atoms with Gasteiger partial charge < -0.3 is 10.2 Å². The molecule has 5 nitrogen and oxygen atoms in total. The Labute approximate surface area is 136 Å². The molecule has 0 radical (unpaired) electrons. The van der Waals surface area contributed by atoms with Crippen molar-refractivity contribution in [3.05, 3.63) is 34.9 Å². The molecule has 1 fully saturated rings. The Balaban J connectivity index is 1.85. The molecule has 1 aromatic rings. The molecule has 0 aromatic heterocycles. The van der Waals surface area contributed by atoms with Crippen molar-refractivity contribution < 1.29 is 13.2 Å².